The van der Waals surface area contributed by atoms with Crippen molar-refractivity contribution < 1.29 is 9.18 Å². The van der Waals surface area contributed by atoms with Crippen molar-refractivity contribution in [2.45, 2.75) is 18.9 Å². The number of rotatable bonds is 2. The first-order valence-electron chi connectivity index (χ1n) is 6.94. The van der Waals surface area contributed by atoms with Gasteiger partial charge in [0.05, 0.1) is 16.6 Å². The summed E-state index contributed by atoms with van der Waals surface area (Å²) in [7, 11) is 0. The van der Waals surface area contributed by atoms with E-state index >= 15 is 0 Å². The Bertz CT molecular complexity index is 706. The number of hydrogen-bond donors (Lipinski definition) is 0. The maximum atomic E-state index is 13.1. The van der Waals surface area contributed by atoms with E-state index < -0.39 is 0 Å². The fourth-order valence-corrected chi connectivity index (χ4v) is 3.01. The van der Waals surface area contributed by atoms with Crippen molar-refractivity contribution in [3.8, 4) is 0 Å². The minimum Gasteiger partial charge on any atom is -0.332 e. The predicted octanol–water partition coefficient (Wildman–Crippen LogP) is 4.50. The molecular formula is C16H13Cl2FN2O. The van der Waals surface area contributed by atoms with Crippen molar-refractivity contribution in [2.24, 2.45) is 0 Å². The van der Waals surface area contributed by atoms with E-state index in [2.05, 4.69) is 4.98 Å². The first kappa shape index (κ1) is 15.3. The Morgan fingerprint density at radius 2 is 2.00 bits per heavy atom. The fourth-order valence-electron chi connectivity index (χ4n) is 2.75. The molecule has 22 heavy (non-hydrogen) atoms. The summed E-state index contributed by atoms with van der Waals surface area (Å²) in [6.45, 7) is 0.654. The Labute approximate surface area is 137 Å². The van der Waals surface area contributed by atoms with Gasteiger partial charge < -0.3 is 4.90 Å². The molecule has 0 saturated carbocycles. The van der Waals surface area contributed by atoms with E-state index in [1.54, 1.807) is 17.0 Å². The van der Waals surface area contributed by atoms with Crippen LogP contribution in [0.3, 0.4) is 0 Å². The van der Waals surface area contributed by atoms with Crippen LogP contribution in [0.4, 0.5) is 4.39 Å². The molecule has 1 aromatic carbocycles. The Kier molecular flexibility index (Phi) is 4.32. The summed E-state index contributed by atoms with van der Waals surface area (Å²) in [6.07, 6.45) is 3.19. The predicted molar refractivity (Wildman–Crippen MR) is 83.7 cm³/mol. The zero-order valence-electron chi connectivity index (χ0n) is 11.6. The molecule has 1 aromatic heterocycles. The van der Waals surface area contributed by atoms with Gasteiger partial charge in [0, 0.05) is 12.7 Å². The zero-order chi connectivity index (χ0) is 15.7. The molecule has 114 valence electrons. The molecule has 3 nitrogen and oxygen atoms in total. The second kappa shape index (κ2) is 6.23. The van der Waals surface area contributed by atoms with Crippen LogP contribution in [0.5, 0.6) is 0 Å². The van der Waals surface area contributed by atoms with Gasteiger partial charge >= 0.3 is 0 Å². The molecule has 0 aliphatic carbocycles. The van der Waals surface area contributed by atoms with Gasteiger partial charge in [-0.2, -0.15) is 0 Å². The van der Waals surface area contributed by atoms with E-state index in [1.165, 1.54) is 24.4 Å². The van der Waals surface area contributed by atoms with Crippen LogP contribution >= 0.6 is 23.2 Å². The quantitative estimate of drug-likeness (QED) is 0.755. The minimum absolute atomic E-state index is 0.0532. The lowest BCUT2D eigenvalue weighted by atomic mass is 10.0. The summed E-state index contributed by atoms with van der Waals surface area (Å²) >= 11 is 11.7. The van der Waals surface area contributed by atoms with E-state index in [0.717, 1.165) is 18.4 Å². The molecule has 1 aliphatic heterocycles. The van der Waals surface area contributed by atoms with Gasteiger partial charge in [0.25, 0.3) is 5.91 Å². The summed E-state index contributed by atoms with van der Waals surface area (Å²) in [5, 5.41) is 0.430. The van der Waals surface area contributed by atoms with E-state index in [9.17, 15) is 9.18 Å². The summed E-state index contributed by atoms with van der Waals surface area (Å²) < 4.78 is 13.1. The van der Waals surface area contributed by atoms with Gasteiger partial charge in [-0.3, -0.25) is 4.79 Å². The van der Waals surface area contributed by atoms with Gasteiger partial charge in [0.2, 0.25) is 0 Å². The van der Waals surface area contributed by atoms with Gasteiger partial charge in [-0.25, -0.2) is 9.37 Å². The third-order valence-electron chi connectivity index (χ3n) is 3.81. The smallest absolute Gasteiger partial charge is 0.255 e. The molecule has 1 saturated heterocycles. The van der Waals surface area contributed by atoms with Crippen molar-refractivity contribution >= 4 is 29.1 Å². The number of pyridine rings is 1. The number of aromatic nitrogens is 1. The Hall–Kier alpha value is -1.65. The maximum Gasteiger partial charge on any atom is 0.255 e. The molecule has 2 aromatic rings. The highest BCUT2D eigenvalue weighted by molar-refractivity contribution is 6.41. The van der Waals surface area contributed by atoms with Crippen LogP contribution in [-0.2, 0) is 0 Å². The Balaban J connectivity index is 1.87. The van der Waals surface area contributed by atoms with Crippen LogP contribution in [-0.4, -0.2) is 22.3 Å². The monoisotopic (exact) mass is 338 g/mol. The number of carbonyl (C=O) groups excluding carboxylic acids is 1. The molecule has 0 spiro atoms. The fraction of sp³-hybridized carbons (Fsp3) is 0.250. The van der Waals surface area contributed by atoms with Gasteiger partial charge in [-0.05, 0) is 36.6 Å². The SMILES string of the molecule is O=C(c1cnc(Cl)c(Cl)c1)N1CCCC1c1ccc(F)cc1. The maximum absolute atomic E-state index is 13.1. The van der Waals surface area contributed by atoms with Crippen molar-refractivity contribution in [1.29, 1.82) is 0 Å². The van der Waals surface area contributed by atoms with Crippen LogP contribution < -0.4 is 0 Å². The van der Waals surface area contributed by atoms with Gasteiger partial charge in [-0.1, -0.05) is 35.3 Å². The molecule has 1 unspecified atom stereocenters. The molecule has 0 bridgehead atoms. The van der Waals surface area contributed by atoms with E-state index in [-0.39, 0.29) is 27.9 Å². The molecule has 6 heteroatoms. The summed E-state index contributed by atoms with van der Waals surface area (Å²) in [5.41, 5.74) is 1.34. The number of amides is 1. The average Bonchev–Trinajstić information content (AvgIpc) is 2.99. The molecule has 1 fully saturated rings. The number of halogens is 3. The standard InChI is InChI=1S/C16H13Cl2FN2O/c17-13-8-11(9-20-15(13)18)16(22)21-7-1-2-14(21)10-3-5-12(19)6-4-10/h3-6,8-9,14H,1-2,7H2. The second-order valence-corrected chi connectivity index (χ2v) is 5.97. The zero-order valence-corrected chi connectivity index (χ0v) is 13.1. The van der Waals surface area contributed by atoms with Crippen molar-refractivity contribution in [3.05, 3.63) is 63.6 Å². The summed E-state index contributed by atoms with van der Waals surface area (Å²) in [4.78, 5) is 18.4. The van der Waals surface area contributed by atoms with E-state index in [4.69, 9.17) is 23.2 Å². The van der Waals surface area contributed by atoms with Crippen LogP contribution in [0.15, 0.2) is 36.5 Å². The number of carbonyl (C=O) groups is 1. The molecule has 0 N–H and O–H groups in total. The summed E-state index contributed by atoms with van der Waals surface area (Å²) in [5.74, 6) is -0.425. The van der Waals surface area contributed by atoms with E-state index in [0.29, 0.717) is 12.1 Å². The molecule has 2 heterocycles. The lowest BCUT2D eigenvalue weighted by Gasteiger charge is -2.25. The lowest BCUT2D eigenvalue weighted by Crippen LogP contribution is -2.30. The topological polar surface area (TPSA) is 33.2 Å². The Morgan fingerprint density at radius 3 is 2.68 bits per heavy atom. The number of benzene rings is 1. The third-order valence-corrected chi connectivity index (χ3v) is 4.50. The lowest BCUT2D eigenvalue weighted by molar-refractivity contribution is 0.0735. The highest BCUT2D eigenvalue weighted by atomic mass is 35.5. The van der Waals surface area contributed by atoms with Crippen LogP contribution in [0.2, 0.25) is 10.2 Å². The summed E-state index contributed by atoms with van der Waals surface area (Å²) in [6, 6.07) is 7.74. The number of likely N-dealkylation sites (tertiary alicyclic amines) is 1. The molecule has 3 rings (SSSR count). The van der Waals surface area contributed by atoms with Gasteiger partial charge in [-0.15, -0.1) is 0 Å². The third kappa shape index (κ3) is 2.94. The van der Waals surface area contributed by atoms with Crippen LogP contribution in [0.25, 0.3) is 0 Å². The molecule has 1 atom stereocenters. The first-order valence-corrected chi connectivity index (χ1v) is 7.69. The molecule has 1 aliphatic rings. The minimum atomic E-state index is -0.284. The number of hydrogen-bond acceptors (Lipinski definition) is 2. The second-order valence-electron chi connectivity index (χ2n) is 5.20. The van der Waals surface area contributed by atoms with Gasteiger partial charge in [0.15, 0.2) is 0 Å². The molecular weight excluding hydrogens is 326 g/mol. The highest BCUT2D eigenvalue weighted by Crippen LogP contribution is 2.33. The first-order chi connectivity index (χ1) is 10.6. The van der Waals surface area contributed by atoms with Crippen molar-refractivity contribution in [3.63, 3.8) is 0 Å². The van der Waals surface area contributed by atoms with Gasteiger partial charge in [0.1, 0.15) is 11.0 Å². The highest BCUT2D eigenvalue weighted by Gasteiger charge is 2.30. The molecule has 1 amide bonds. The molecule has 0 radical (unpaired) electrons. The van der Waals surface area contributed by atoms with Crippen molar-refractivity contribution in [2.75, 3.05) is 6.54 Å². The van der Waals surface area contributed by atoms with Crippen LogP contribution in [0.1, 0.15) is 34.8 Å². The normalized spacial score (nSPS) is 17.8. The van der Waals surface area contributed by atoms with E-state index in [1.807, 2.05) is 0 Å². The van der Waals surface area contributed by atoms with Crippen molar-refractivity contribution in [1.82, 2.24) is 9.88 Å². The Morgan fingerprint density at radius 1 is 1.27 bits per heavy atom. The largest absolute Gasteiger partial charge is 0.332 e. The number of nitrogens with zero attached hydrogens (tertiary/aromatic N) is 2. The van der Waals surface area contributed by atoms with Crippen LogP contribution in [0, 0.1) is 5.82 Å². The average molecular weight is 339 g/mol.